The number of ether oxygens (including phenoxy) is 1. The molecule has 3 rings (SSSR count). The fourth-order valence-electron chi connectivity index (χ4n) is 3.47. The van der Waals surface area contributed by atoms with Gasteiger partial charge in [0, 0.05) is 16.5 Å². The highest BCUT2D eigenvalue weighted by Gasteiger charge is 2.27. The minimum Gasteiger partial charge on any atom is -0.494 e. The predicted molar refractivity (Wildman–Crippen MR) is 116 cm³/mol. The minimum atomic E-state index is -0.104. The molecule has 0 radical (unpaired) electrons. The molecule has 28 heavy (non-hydrogen) atoms. The molecule has 0 saturated heterocycles. The quantitative estimate of drug-likeness (QED) is 0.463. The van der Waals surface area contributed by atoms with E-state index in [0.29, 0.717) is 12.4 Å². The fraction of sp³-hybridized carbons (Fsp3) is 0.400. The summed E-state index contributed by atoms with van der Waals surface area (Å²) in [5.41, 5.74) is 4.84. The van der Waals surface area contributed by atoms with E-state index in [1.807, 2.05) is 31.2 Å². The highest BCUT2D eigenvalue weighted by Crippen LogP contribution is 2.42. The molecule has 0 aliphatic carbocycles. The Morgan fingerprint density at radius 1 is 0.964 bits per heavy atom. The van der Waals surface area contributed by atoms with Crippen LogP contribution < -0.4 is 4.74 Å². The second-order valence-corrected chi connectivity index (χ2v) is 9.32. The van der Waals surface area contributed by atoms with E-state index in [9.17, 15) is 4.79 Å². The van der Waals surface area contributed by atoms with Gasteiger partial charge in [-0.2, -0.15) is 0 Å². The lowest BCUT2D eigenvalue weighted by Crippen LogP contribution is -2.16. The summed E-state index contributed by atoms with van der Waals surface area (Å²) in [4.78, 5) is 11.9. The number of hydrogen-bond donors (Lipinski definition) is 0. The van der Waals surface area contributed by atoms with Crippen LogP contribution in [0.3, 0.4) is 0 Å². The molecule has 0 aliphatic heterocycles. The molecule has 0 bridgehead atoms. The van der Waals surface area contributed by atoms with Crippen molar-refractivity contribution in [2.75, 3.05) is 6.61 Å². The third-order valence-electron chi connectivity index (χ3n) is 5.05. The van der Waals surface area contributed by atoms with Crippen molar-refractivity contribution in [3.05, 3.63) is 53.3 Å². The molecule has 1 aromatic heterocycles. The molecule has 0 spiro atoms. The van der Waals surface area contributed by atoms with Crippen LogP contribution in [0.15, 0.2) is 40.8 Å². The lowest BCUT2D eigenvalue weighted by Gasteiger charge is -2.25. The van der Waals surface area contributed by atoms with E-state index in [1.54, 1.807) is 0 Å². The molecule has 3 nitrogen and oxygen atoms in total. The lowest BCUT2D eigenvalue weighted by molar-refractivity contribution is 0.110. The highest BCUT2D eigenvalue weighted by atomic mass is 16.5. The maximum absolute atomic E-state index is 11.9. The van der Waals surface area contributed by atoms with Crippen LogP contribution in [-0.4, -0.2) is 12.9 Å². The molecular weight excluding hydrogens is 348 g/mol. The largest absolute Gasteiger partial charge is 0.494 e. The van der Waals surface area contributed by atoms with Gasteiger partial charge in [0.05, 0.1) is 6.61 Å². The van der Waals surface area contributed by atoms with Crippen LogP contribution in [0.5, 0.6) is 5.75 Å². The third-order valence-corrected chi connectivity index (χ3v) is 5.05. The Balaban J connectivity index is 2.34. The number of hydrogen-bond acceptors (Lipinski definition) is 3. The zero-order valence-electron chi connectivity index (χ0n) is 18.0. The number of benzene rings is 2. The summed E-state index contributed by atoms with van der Waals surface area (Å²) in [5, 5.41) is 0.989. The van der Waals surface area contributed by atoms with Crippen molar-refractivity contribution in [3.8, 4) is 16.9 Å². The molecular formula is C25H30O3. The Hall–Kier alpha value is -2.55. The number of aldehydes is 1. The molecule has 3 heteroatoms. The van der Waals surface area contributed by atoms with Crippen LogP contribution in [0, 0.1) is 0 Å². The van der Waals surface area contributed by atoms with Crippen LogP contribution in [0.1, 0.15) is 70.1 Å². The zero-order valence-corrected chi connectivity index (χ0v) is 18.0. The summed E-state index contributed by atoms with van der Waals surface area (Å²) in [6.45, 7) is 15.7. The second-order valence-electron chi connectivity index (χ2n) is 9.32. The Kier molecular flexibility index (Phi) is 5.14. The number of fused-ring (bicyclic) bond motifs is 1. The molecule has 0 unspecified atom stereocenters. The van der Waals surface area contributed by atoms with Crippen molar-refractivity contribution in [2.45, 2.75) is 59.3 Å². The molecule has 0 N–H and O–H groups in total. The molecule has 1 heterocycles. The van der Waals surface area contributed by atoms with Gasteiger partial charge < -0.3 is 9.15 Å². The monoisotopic (exact) mass is 378 g/mol. The molecule has 0 amide bonds. The molecule has 2 aromatic carbocycles. The topological polar surface area (TPSA) is 39.4 Å². The van der Waals surface area contributed by atoms with E-state index in [0.717, 1.165) is 39.7 Å². The van der Waals surface area contributed by atoms with Crippen molar-refractivity contribution in [2.24, 2.45) is 0 Å². The molecule has 148 valence electrons. The maximum Gasteiger partial charge on any atom is 0.186 e. The van der Waals surface area contributed by atoms with E-state index in [1.165, 1.54) is 5.56 Å². The van der Waals surface area contributed by atoms with E-state index >= 15 is 0 Å². The number of furan rings is 1. The average molecular weight is 379 g/mol. The summed E-state index contributed by atoms with van der Waals surface area (Å²) in [5.74, 6) is 1.19. The van der Waals surface area contributed by atoms with Crippen LogP contribution in [-0.2, 0) is 10.8 Å². The Morgan fingerprint density at radius 3 is 2.11 bits per heavy atom. The SMILES string of the molecule is CCOc1ccc(-c2c(C=O)oc3c(C(C)(C)C)cc(C(C)(C)C)cc23)cc1. The zero-order chi connectivity index (χ0) is 20.7. The van der Waals surface area contributed by atoms with E-state index in [2.05, 4.69) is 53.7 Å². The number of rotatable bonds is 4. The van der Waals surface area contributed by atoms with Crippen LogP contribution in [0.2, 0.25) is 0 Å². The Morgan fingerprint density at radius 2 is 1.61 bits per heavy atom. The van der Waals surface area contributed by atoms with Crippen molar-refractivity contribution in [1.82, 2.24) is 0 Å². The minimum absolute atomic E-state index is 0.0110. The van der Waals surface area contributed by atoms with Crippen LogP contribution in [0.4, 0.5) is 0 Å². The van der Waals surface area contributed by atoms with E-state index < -0.39 is 0 Å². The molecule has 0 aliphatic rings. The standard InChI is InChI=1S/C25H30O3/c1-8-27-18-11-9-16(10-12-18)22-19-13-17(24(2,3)4)14-20(25(5,6)7)23(19)28-21(22)15-26/h9-15H,8H2,1-7H3. The Labute approximate surface area is 167 Å². The summed E-state index contributed by atoms with van der Waals surface area (Å²) in [6.07, 6.45) is 0.814. The van der Waals surface area contributed by atoms with Crippen molar-refractivity contribution in [1.29, 1.82) is 0 Å². The maximum atomic E-state index is 11.9. The van der Waals surface area contributed by atoms with Gasteiger partial charge in [-0.3, -0.25) is 4.79 Å². The van der Waals surface area contributed by atoms with Gasteiger partial charge in [-0.15, -0.1) is 0 Å². The highest BCUT2D eigenvalue weighted by molar-refractivity contribution is 6.03. The van der Waals surface area contributed by atoms with Gasteiger partial charge in [0.25, 0.3) is 0 Å². The first-order chi connectivity index (χ1) is 13.1. The summed E-state index contributed by atoms with van der Waals surface area (Å²) < 4.78 is 11.7. The summed E-state index contributed by atoms with van der Waals surface area (Å²) in [6, 6.07) is 12.2. The molecule has 0 atom stereocenters. The van der Waals surface area contributed by atoms with Gasteiger partial charge in [-0.05, 0) is 47.1 Å². The van der Waals surface area contributed by atoms with Gasteiger partial charge in [0.2, 0.25) is 0 Å². The summed E-state index contributed by atoms with van der Waals surface area (Å²) >= 11 is 0. The van der Waals surface area contributed by atoms with E-state index in [-0.39, 0.29) is 10.8 Å². The first-order valence-corrected chi connectivity index (χ1v) is 9.86. The summed E-state index contributed by atoms with van der Waals surface area (Å²) in [7, 11) is 0. The van der Waals surface area contributed by atoms with Gasteiger partial charge in [-0.25, -0.2) is 0 Å². The molecule has 0 saturated carbocycles. The van der Waals surface area contributed by atoms with Gasteiger partial charge in [0.1, 0.15) is 11.3 Å². The second kappa shape index (κ2) is 7.12. The fourth-order valence-corrected chi connectivity index (χ4v) is 3.47. The van der Waals surface area contributed by atoms with E-state index in [4.69, 9.17) is 9.15 Å². The van der Waals surface area contributed by atoms with Crippen LogP contribution in [0.25, 0.3) is 22.1 Å². The van der Waals surface area contributed by atoms with Gasteiger partial charge in [-0.1, -0.05) is 59.7 Å². The van der Waals surface area contributed by atoms with Gasteiger partial charge >= 0.3 is 0 Å². The van der Waals surface area contributed by atoms with Crippen molar-refractivity contribution in [3.63, 3.8) is 0 Å². The average Bonchev–Trinajstić information content (AvgIpc) is 2.98. The molecule has 3 aromatic rings. The van der Waals surface area contributed by atoms with Crippen molar-refractivity contribution >= 4 is 17.3 Å². The number of carbonyl (C=O) groups excluding carboxylic acids is 1. The predicted octanol–water partition coefficient (Wildman–Crippen LogP) is 6.91. The first-order valence-electron chi connectivity index (χ1n) is 9.86. The van der Waals surface area contributed by atoms with Crippen LogP contribution >= 0.6 is 0 Å². The number of carbonyl (C=O) groups is 1. The lowest BCUT2D eigenvalue weighted by atomic mass is 9.79. The Bertz CT molecular complexity index is 993. The van der Waals surface area contributed by atoms with Gasteiger partial charge in [0.15, 0.2) is 12.0 Å². The molecule has 0 fully saturated rings. The normalized spacial score (nSPS) is 12.4. The third kappa shape index (κ3) is 3.71. The smallest absolute Gasteiger partial charge is 0.186 e. The van der Waals surface area contributed by atoms with Crippen molar-refractivity contribution < 1.29 is 13.9 Å². The first kappa shape index (κ1) is 20.2.